The van der Waals surface area contributed by atoms with Crippen molar-refractivity contribution < 1.29 is 4.74 Å². The molecular weight excluding hydrogens is 374 g/mol. The zero-order valence-electron chi connectivity index (χ0n) is 16.7. The first-order chi connectivity index (χ1) is 14.9. The van der Waals surface area contributed by atoms with E-state index in [-0.39, 0.29) is 6.17 Å². The maximum absolute atomic E-state index is 6.23. The number of rotatable bonds is 1. The van der Waals surface area contributed by atoms with Gasteiger partial charge in [0.15, 0.2) is 11.5 Å². The number of anilines is 2. The van der Waals surface area contributed by atoms with Gasteiger partial charge in [-0.3, -0.25) is 0 Å². The van der Waals surface area contributed by atoms with Crippen molar-refractivity contribution in [3.05, 3.63) is 73.3 Å². The SMILES string of the molecule is C1=CN2C3CCC(N4c5ccccc5Oc5ccccc54)CC3N3C=CNC3C2N1. The quantitative estimate of drug-likeness (QED) is 0.763. The molecule has 2 aromatic carbocycles. The van der Waals surface area contributed by atoms with Crippen LogP contribution in [-0.2, 0) is 0 Å². The Hall–Kier alpha value is -3.28. The van der Waals surface area contributed by atoms with Crippen molar-refractivity contribution >= 4 is 11.4 Å². The summed E-state index contributed by atoms with van der Waals surface area (Å²) >= 11 is 0. The highest BCUT2D eigenvalue weighted by Crippen LogP contribution is 2.50. The van der Waals surface area contributed by atoms with Gasteiger partial charge in [-0.15, -0.1) is 0 Å². The maximum Gasteiger partial charge on any atom is 0.151 e. The molecule has 2 fully saturated rings. The molecule has 5 aliphatic rings. The van der Waals surface area contributed by atoms with Crippen LogP contribution in [0, 0.1) is 0 Å². The van der Waals surface area contributed by atoms with Crippen LogP contribution >= 0.6 is 0 Å². The van der Waals surface area contributed by atoms with Crippen LogP contribution in [0.1, 0.15) is 19.3 Å². The van der Waals surface area contributed by atoms with Crippen molar-refractivity contribution in [1.82, 2.24) is 20.4 Å². The average molecular weight is 399 g/mol. The van der Waals surface area contributed by atoms with E-state index in [4.69, 9.17) is 4.74 Å². The van der Waals surface area contributed by atoms with Gasteiger partial charge >= 0.3 is 0 Å². The lowest BCUT2D eigenvalue weighted by atomic mass is 9.81. The molecule has 2 N–H and O–H groups in total. The van der Waals surface area contributed by atoms with E-state index in [1.54, 1.807) is 0 Å². The molecule has 7 rings (SSSR count). The van der Waals surface area contributed by atoms with E-state index in [0.717, 1.165) is 24.3 Å². The first kappa shape index (κ1) is 16.5. The van der Waals surface area contributed by atoms with E-state index in [2.05, 4.69) is 98.7 Å². The highest BCUT2D eigenvalue weighted by atomic mass is 16.5. The molecule has 0 bridgehead atoms. The van der Waals surface area contributed by atoms with Crippen molar-refractivity contribution in [2.45, 2.75) is 49.7 Å². The highest BCUT2D eigenvalue weighted by molar-refractivity contribution is 5.78. The number of nitrogens with one attached hydrogen (secondary N) is 2. The topological polar surface area (TPSA) is 43.0 Å². The lowest BCUT2D eigenvalue weighted by molar-refractivity contribution is -0.0319. The van der Waals surface area contributed by atoms with Gasteiger partial charge in [0, 0.05) is 30.8 Å². The molecule has 6 nitrogen and oxygen atoms in total. The minimum Gasteiger partial charge on any atom is -0.453 e. The lowest BCUT2D eigenvalue weighted by Crippen LogP contribution is -2.70. The Morgan fingerprint density at radius 2 is 1.33 bits per heavy atom. The number of benzene rings is 2. The van der Waals surface area contributed by atoms with Gasteiger partial charge in [-0.2, -0.15) is 0 Å². The molecular formula is C24H25N5O. The summed E-state index contributed by atoms with van der Waals surface area (Å²) in [7, 11) is 0. The third-order valence-electron chi connectivity index (χ3n) is 7.32. The predicted molar refractivity (Wildman–Crippen MR) is 116 cm³/mol. The second-order valence-electron chi connectivity index (χ2n) is 8.76. The minimum atomic E-state index is 0.282. The van der Waals surface area contributed by atoms with Crippen molar-refractivity contribution in [1.29, 1.82) is 0 Å². The Labute approximate surface area is 176 Å². The van der Waals surface area contributed by atoms with E-state index in [1.165, 1.54) is 17.8 Å². The van der Waals surface area contributed by atoms with Gasteiger partial charge in [0.2, 0.25) is 0 Å². The Bertz CT molecular complexity index is 1010. The zero-order valence-corrected chi connectivity index (χ0v) is 16.7. The molecule has 4 heterocycles. The molecule has 1 aliphatic carbocycles. The Morgan fingerprint density at radius 1 is 0.733 bits per heavy atom. The largest absolute Gasteiger partial charge is 0.453 e. The highest BCUT2D eigenvalue weighted by Gasteiger charge is 2.51. The first-order valence-electron chi connectivity index (χ1n) is 10.9. The zero-order chi connectivity index (χ0) is 19.7. The van der Waals surface area contributed by atoms with E-state index >= 15 is 0 Å². The van der Waals surface area contributed by atoms with Crippen molar-refractivity contribution in [2.75, 3.05) is 4.90 Å². The first-order valence-corrected chi connectivity index (χ1v) is 10.9. The third-order valence-corrected chi connectivity index (χ3v) is 7.32. The standard InChI is InChI=1S/C24H25N5O/c1-3-7-21-18(5-1)29(19-6-2-4-8-22(19)30-21)16-9-10-17-20(15-16)28-14-12-26-24(28)23-25-11-13-27(17)23/h1-8,11-14,16-17,20,23-26H,9-10,15H2. The number of piperazine rings is 1. The second-order valence-corrected chi connectivity index (χ2v) is 8.76. The summed E-state index contributed by atoms with van der Waals surface area (Å²) in [5.74, 6) is 1.91. The van der Waals surface area contributed by atoms with E-state index in [9.17, 15) is 0 Å². The fraction of sp³-hybridized carbons (Fsp3) is 0.333. The van der Waals surface area contributed by atoms with Crippen LogP contribution in [0.3, 0.4) is 0 Å². The molecule has 0 radical (unpaired) electrons. The molecule has 0 aromatic heterocycles. The van der Waals surface area contributed by atoms with Crippen LogP contribution in [0.2, 0.25) is 0 Å². The molecule has 5 atom stereocenters. The smallest absolute Gasteiger partial charge is 0.151 e. The molecule has 1 saturated carbocycles. The molecule has 1 saturated heterocycles. The number of fused-ring (bicyclic) bond motifs is 8. The number of nitrogens with zero attached hydrogens (tertiary/aromatic N) is 3. The van der Waals surface area contributed by atoms with Crippen LogP contribution in [0.4, 0.5) is 11.4 Å². The molecule has 5 unspecified atom stereocenters. The number of hydrogen-bond acceptors (Lipinski definition) is 6. The van der Waals surface area contributed by atoms with E-state index < -0.39 is 0 Å². The monoisotopic (exact) mass is 399 g/mol. The molecule has 152 valence electrons. The number of para-hydroxylation sites is 4. The lowest BCUT2D eigenvalue weighted by Gasteiger charge is -2.56. The molecule has 0 amide bonds. The van der Waals surface area contributed by atoms with Gasteiger partial charge in [-0.1, -0.05) is 24.3 Å². The fourth-order valence-electron chi connectivity index (χ4n) is 6.09. The summed E-state index contributed by atoms with van der Waals surface area (Å²) in [6, 6.07) is 18.3. The van der Waals surface area contributed by atoms with Gasteiger partial charge in [-0.05, 0) is 43.5 Å². The van der Waals surface area contributed by atoms with E-state index in [1.807, 2.05) is 0 Å². The summed E-state index contributed by atoms with van der Waals surface area (Å²) in [5.41, 5.74) is 2.37. The summed E-state index contributed by atoms with van der Waals surface area (Å²) < 4.78 is 6.23. The molecule has 0 spiro atoms. The minimum absolute atomic E-state index is 0.282. The van der Waals surface area contributed by atoms with Crippen molar-refractivity contribution in [3.63, 3.8) is 0 Å². The molecule has 2 aromatic rings. The van der Waals surface area contributed by atoms with Crippen LogP contribution in [0.5, 0.6) is 11.5 Å². The number of hydrogen-bond donors (Lipinski definition) is 2. The summed E-state index contributed by atoms with van der Waals surface area (Å²) in [6.45, 7) is 0. The summed E-state index contributed by atoms with van der Waals surface area (Å²) in [5, 5.41) is 7.09. The van der Waals surface area contributed by atoms with Crippen molar-refractivity contribution in [2.24, 2.45) is 0 Å². The fourth-order valence-corrected chi connectivity index (χ4v) is 6.09. The van der Waals surface area contributed by atoms with Gasteiger partial charge < -0.3 is 30.1 Å². The van der Waals surface area contributed by atoms with Crippen molar-refractivity contribution in [3.8, 4) is 11.5 Å². The van der Waals surface area contributed by atoms with Gasteiger partial charge in [0.25, 0.3) is 0 Å². The van der Waals surface area contributed by atoms with Gasteiger partial charge in [0.1, 0.15) is 12.3 Å². The Kier molecular flexibility index (Phi) is 3.36. The molecule has 4 aliphatic heterocycles. The van der Waals surface area contributed by atoms with Crippen LogP contribution in [0.15, 0.2) is 73.3 Å². The van der Waals surface area contributed by atoms with Crippen LogP contribution in [0.25, 0.3) is 0 Å². The van der Waals surface area contributed by atoms with E-state index in [0.29, 0.717) is 24.3 Å². The molecule has 30 heavy (non-hydrogen) atoms. The predicted octanol–water partition coefficient (Wildman–Crippen LogP) is 3.64. The normalized spacial score (nSPS) is 32.3. The van der Waals surface area contributed by atoms with Gasteiger partial charge in [-0.25, -0.2) is 0 Å². The van der Waals surface area contributed by atoms with Crippen LogP contribution in [-0.4, -0.2) is 40.3 Å². The number of ether oxygens (including phenoxy) is 1. The second kappa shape index (κ2) is 6.11. The maximum atomic E-state index is 6.23. The third kappa shape index (κ3) is 2.19. The van der Waals surface area contributed by atoms with Crippen LogP contribution < -0.4 is 20.3 Å². The van der Waals surface area contributed by atoms with Gasteiger partial charge in [0.05, 0.1) is 23.5 Å². The Morgan fingerprint density at radius 3 is 2.00 bits per heavy atom. The Balaban J connectivity index is 1.27. The summed E-state index contributed by atoms with van der Waals surface area (Å²) in [6.07, 6.45) is 12.8. The summed E-state index contributed by atoms with van der Waals surface area (Å²) in [4.78, 5) is 7.64. The molecule has 6 heteroatoms. The average Bonchev–Trinajstić information content (AvgIpc) is 3.47.